The number of ether oxygens (including phenoxy) is 1. The van der Waals surface area contributed by atoms with Gasteiger partial charge >= 0.3 is 0 Å². The minimum atomic E-state index is -0.352. The summed E-state index contributed by atoms with van der Waals surface area (Å²) in [6.45, 7) is 2.38. The van der Waals surface area contributed by atoms with E-state index in [0.29, 0.717) is 19.4 Å². The Morgan fingerprint density at radius 1 is 1.69 bits per heavy atom. The summed E-state index contributed by atoms with van der Waals surface area (Å²) in [5.41, 5.74) is 0. The lowest BCUT2D eigenvalue weighted by Crippen LogP contribution is -2.34. The molecule has 1 amide bonds. The fraction of sp³-hybridized carbons (Fsp3) is 0.778. The number of carbonyl (C=O) groups excluding carboxylic acids is 1. The van der Waals surface area contributed by atoms with Gasteiger partial charge in [0, 0.05) is 13.5 Å². The minimum Gasteiger partial charge on any atom is -0.384 e. The molecule has 0 saturated carbocycles. The van der Waals surface area contributed by atoms with Gasteiger partial charge in [-0.2, -0.15) is 5.26 Å². The van der Waals surface area contributed by atoms with Crippen LogP contribution in [-0.4, -0.2) is 25.7 Å². The van der Waals surface area contributed by atoms with Crippen LogP contribution in [0.25, 0.3) is 0 Å². The zero-order valence-electron chi connectivity index (χ0n) is 8.17. The zero-order valence-corrected chi connectivity index (χ0v) is 8.17. The van der Waals surface area contributed by atoms with E-state index in [-0.39, 0.29) is 11.9 Å². The SMILES string of the molecule is CCCC(C#N)NC(=O)CCOC. The van der Waals surface area contributed by atoms with Crippen LogP contribution in [0.5, 0.6) is 0 Å². The molecule has 1 unspecified atom stereocenters. The number of nitriles is 1. The third-order valence-electron chi connectivity index (χ3n) is 1.60. The summed E-state index contributed by atoms with van der Waals surface area (Å²) >= 11 is 0. The number of nitrogens with zero attached hydrogens (tertiary/aromatic N) is 1. The molecule has 1 atom stereocenters. The summed E-state index contributed by atoms with van der Waals surface area (Å²) < 4.78 is 4.74. The van der Waals surface area contributed by atoms with Crippen molar-refractivity contribution in [3.63, 3.8) is 0 Å². The molecule has 74 valence electrons. The lowest BCUT2D eigenvalue weighted by molar-refractivity contribution is -0.122. The predicted molar refractivity (Wildman–Crippen MR) is 48.9 cm³/mol. The number of rotatable bonds is 6. The molecule has 0 rings (SSSR count). The first-order chi connectivity index (χ1) is 6.24. The second-order valence-corrected chi connectivity index (χ2v) is 2.78. The number of nitrogens with one attached hydrogen (secondary N) is 1. The Morgan fingerprint density at radius 2 is 2.38 bits per heavy atom. The maximum atomic E-state index is 11.1. The standard InChI is InChI=1S/C9H16N2O2/c1-3-4-8(7-10)11-9(12)5-6-13-2/h8H,3-6H2,1-2H3,(H,11,12). The van der Waals surface area contributed by atoms with Crippen LogP contribution in [0.15, 0.2) is 0 Å². The Kier molecular flexibility index (Phi) is 6.93. The molecule has 4 nitrogen and oxygen atoms in total. The van der Waals surface area contributed by atoms with E-state index in [2.05, 4.69) is 5.32 Å². The Morgan fingerprint density at radius 3 is 2.85 bits per heavy atom. The maximum Gasteiger partial charge on any atom is 0.223 e. The molecule has 0 aromatic rings. The van der Waals surface area contributed by atoms with Gasteiger partial charge in [0.05, 0.1) is 12.7 Å². The van der Waals surface area contributed by atoms with Crippen molar-refractivity contribution in [2.45, 2.75) is 32.2 Å². The fourth-order valence-electron chi connectivity index (χ4n) is 0.919. The highest BCUT2D eigenvalue weighted by Gasteiger charge is 2.09. The largest absolute Gasteiger partial charge is 0.384 e. The van der Waals surface area contributed by atoms with E-state index in [9.17, 15) is 4.79 Å². The van der Waals surface area contributed by atoms with Crippen molar-refractivity contribution in [2.75, 3.05) is 13.7 Å². The molecule has 0 bridgehead atoms. The van der Waals surface area contributed by atoms with Crippen molar-refractivity contribution in [1.29, 1.82) is 5.26 Å². The van der Waals surface area contributed by atoms with E-state index in [4.69, 9.17) is 10.00 Å². The van der Waals surface area contributed by atoms with Crippen LogP contribution < -0.4 is 5.32 Å². The minimum absolute atomic E-state index is 0.123. The second-order valence-electron chi connectivity index (χ2n) is 2.78. The molecule has 1 N–H and O–H groups in total. The molecule has 0 aliphatic heterocycles. The summed E-state index contributed by atoms with van der Waals surface area (Å²) in [7, 11) is 1.54. The smallest absolute Gasteiger partial charge is 0.223 e. The number of amides is 1. The van der Waals surface area contributed by atoms with Crippen LogP contribution >= 0.6 is 0 Å². The summed E-state index contributed by atoms with van der Waals surface area (Å²) in [5, 5.41) is 11.3. The molecule has 0 heterocycles. The van der Waals surface area contributed by atoms with Gasteiger partial charge in [0.1, 0.15) is 6.04 Å². The Balaban J connectivity index is 3.68. The van der Waals surface area contributed by atoms with Crippen LogP contribution in [0.4, 0.5) is 0 Å². The Bertz CT molecular complexity index is 187. The van der Waals surface area contributed by atoms with Crippen molar-refractivity contribution in [3.05, 3.63) is 0 Å². The normalized spacial score (nSPS) is 11.8. The molecule has 0 aliphatic carbocycles. The van der Waals surface area contributed by atoms with E-state index in [1.54, 1.807) is 7.11 Å². The van der Waals surface area contributed by atoms with E-state index in [1.807, 2.05) is 13.0 Å². The highest BCUT2D eigenvalue weighted by molar-refractivity contribution is 5.76. The lowest BCUT2D eigenvalue weighted by Gasteiger charge is -2.09. The van der Waals surface area contributed by atoms with Gasteiger partial charge in [-0.25, -0.2) is 0 Å². The van der Waals surface area contributed by atoms with E-state index in [1.165, 1.54) is 0 Å². The number of methoxy groups -OCH3 is 1. The Labute approximate surface area is 78.9 Å². The van der Waals surface area contributed by atoms with Gasteiger partial charge in [-0.05, 0) is 6.42 Å². The molecule has 0 saturated heterocycles. The van der Waals surface area contributed by atoms with Crippen LogP contribution in [-0.2, 0) is 9.53 Å². The van der Waals surface area contributed by atoms with Gasteiger partial charge in [0.2, 0.25) is 5.91 Å². The third kappa shape index (κ3) is 6.12. The van der Waals surface area contributed by atoms with Crippen LogP contribution in [0.2, 0.25) is 0 Å². The molecule has 0 aromatic heterocycles. The number of carbonyl (C=O) groups is 1. The van der Waals surface area contributed by atoms with Crippen molar-refractivity contribution in [3.8, 4) is 6.07 Å². The second kappa shape index (κ2) is 7.56. The van der Waals surface area contributed by atoms with Crippen LogP contribution in [0, 0.1) is 11.3 Å². The highest BCUT2D eigenvalue weighted by Crippen LogP contribution is 1.95. The highest BCUT2D eigenvalue weighted by atomic mass is 16.5. The first kappa shape index (κ1) is 11.9. The van der Waals surface area contributed by atoms with Gasteiger partial charge in [-0.1, -0.05) is 13.3 Å². The van der Waals surface area contributed by atoms with Gasteiger partial charge in [0.15, 0.2) is 0 Å². The fourth-order valence-corrected chi connectivity index (χ4v) is 0.919. The molecular weight excluding hydrogens is 168 g/mol. The van der Waals surface area contributed by atoms with Crippen LogP contribution in [0.1, 0.15) is 26.2 Å². The summed E-state index contributed by atoms with van der Waals surface area (Å²) in [6, 6.07) is 1.69. The predicted octanol–water partition coefficient (Wildman–Crippen LogP) is 0.831. The first-order valence-electron chi connectivity index (χ1n) is 4.42. The molecule has 4 heteroatoms. The molecule has 0 radical (unpaired) electrons. The molecule has 0 spiro atoms. The number of hydrogen-bond acceptors (Lipinski definition) is 3. The average Bonchev–Trinajstić information content (AvgIpc) is 2.14. The third-order valence-corrected chi connectivity index (χ3v) is 1.60. The van der Waals surface area contributed by atoms with Gasteiger partial charge in [-0.3, -0.25) is 4.79 Å². The summed E-state index contributed by atoms with van der Waals surface area (Å²) in [5.74, 6) is -0.123. The molecule has 0 aromatic carbocycles. The van der Waals surface area contributed by atoms with Gasteiger partial charge in [-0.15, -0.1) is 0 Å². The van der Waals surface area contributed by atoms with Crippen molar-refractivity contribution >= 4 is 5.91 Å². The lowest BCUT2D eigenvalue weighted by atomic mass is 10.2. The molecule has 0 fully saturated rings. The van der Waals surface area contributed by atoms with Crippen molar-refractivity contribution in [2.24, 2.45) is 0 Å². The zero-order chi connectivity index (χ0) is 10.1. The Hall–Kier alpha value is -1.08. The van der Waals surface area contributed by atoms with E-state index in [0.717, 1.165) is 6.42 Å². The van der Waals surface area contributed by atoms with E-state index >= 15 is 0 Å². The van der Waals surface area contributed by atoms with Crippen LogP contribution in [0.3, 0.4) is 0 Å². The first-order valence-corrected chi connectivity index (χ1v) is 4.42. The van der Waals surface area contributed by atoms with Gasteiger partial charge < -0.3 is 10.1 Å². The van der Waals surface area contributed by atoms with E-state index < -0.39 is 0 Å². The van der Waals surface area contributed by atoms with Gasteiger partial charge in [0.25, 0.3) is 0 Å². The monoisotopic (exact) mass is 184 g/mol. The van der Waals surface area contributed by atoms with Crippen molar-refractivity contribution in [1.82, 2.24) is 5.32 Å². The number of hydrogen-bond donors (Lipinski definition) is 1. The maximum absolute atomic E-state index is 11.1. The summed E-state index contributed by atoms with van der Waals surface area (Å²) in [6.07, 6.45) is 1.91. The molecule has 0 aliphatic rings. The molecule has 13 heavy (non-hydrogen) atoms. The van der Waals surface area contributed by atoms with Crippen molar-refractivity contribution < 1.29 is 9.53 Å². The molecular formula is C9H16N2O2. The average molecular weight is 184 g/mol. The quantitative estimate of drug-likeness (QED) is 0.665. The summed E-state index contributed by atoms with van der Waals surface area (Å²) in [4.78, 5) is 11.1. The topological polar surface area (TPSA) is 62.1 Å².